The largest absolute Gasteiger partial charge is 0.383 e. The summed E-state index contributed by atoms with van der Waals surface area (Å²) < 4.78 is 1.74. The van der Waals surface area contributed by atoms with E-state index in [0.717, 1.165) is 27.9 Å². The summed E-state index contributed by atoms with van der Waals surface area (Å²) in [4.78, 5) is 29.7. The van der Waals surface area contributed by atoms with E-state index in [1.165, 1.54) is 6.33 Å². The van der Waals surface area contributed by atoms with Crippen LogP contribution in [0, 0.1) is 19.3 Å². The van der Waals surface area contributed by atoms with E-state index in [0.29, 0.717) is 39.3 Å². The molecule has 7 N–H and O–H groups in total. The van der Waals surface area contributed by atoms with Gasteiger partial charge in [0.1, 0.15) is 18.0 Å². The number of hydrogen-bond donors (Lipinski definition) is 5. The van der Waals surface area contributed by atoms with Crippen LogP contribution in [0.5, 0.6) is 0 Å². The predicted molar refractivity (Wildman–Crippen MR) is 159 cm³/mol. The van der Waals surface area contributed by atoms with Crippen LogP contribution in [0.1, 0.15) is 27.9 Å². The van der Waals surface area contributed by atoms with Gasteiger partial charge in [-0.1, -0.05) is 42.5 Å². The zero-order valence-corrected chi connectivity index (χ0v) is 22.0. The number of nitrogens with two attached hydrogens (primary N) is 2. The highest BCUT2D eigenvalue weighted by molar-refractivity contribution is 6.17. The summed E-state index contributed by atoms with van der Waals surface area (Å²) in [5.74, 6) is 0.848. The van der Waals surface area contributed by atoms with Crippen LogP contribution in [0.25, 0.3) is 27.5 Å². The lowest BCUT2D eigenvalue weighted by Gasteiger charge is -2.19. The van der Waals surface area contributed by atoms with Gasteiger partial charge in [0.2, 0.25) is 0 Å². The molecule has 3 aromatic heterocycles. The molecule has 0 atom stereocenters. The first-order chi connectivity index (χ1) is 19.3. The predicted octanol–water partition coefficient (Wildman–Crippen LogP) is 4.47. The van der Waals surface area contributed by atoms with Crippen molar-refractivity contribution in [2.45, 2.75) is 20.4 Å². The van der Waals surface area contributed by atoms with E-state index in [-0.39, 0.29) is 23.6 Å². The van der Waals surface area contributed by atoms with E-state index in [9.17, 15) is 4.79 Å². The molecule has 0 bridgehead atoms. The second-order valence-corrected chi connectivity index (χ2v) is 9.67. The molecule has 40 heavy (non-hydrogen) atoms. The van der Waals surface area contributed by atoms with E-state index in [1.807, 2.05) is 62.4 Å². The Kier molecular flexibility index (Phi) is 5.99. The van der Waals surface area contributed by atoms with Gasteiger partial charge in [0, 0.05) is 11.3 Å². The van der Waals surface area contributed by atoms with Crippen molar-refractivity contribution in [2.24, 2.45) is 0 Å². The van der Waals surface area contributed by atoms with Crippen LogP contribution in [0.3, 0.4) is 0 Å². The van der Waals surface area contributed by atoms with Gasteiger partial charge in [-0.25, -0.2) is 15.0 Å². The Labute approximate surface area is 229 Å². The number of pyridine rings is 1. The maximum atomic E-state index is 13.9. The number of fused-ring (bicyclic) bond motifs is 2. The molecule has 3 heterocycles. The number of hydrogen-bond acceptors (Lipinski definition) is 8. The van der Waals surface area contributed by atoms with E-state index >= 15 is 0 Å². The van der Waals surface area contributed by atoms with E-state index in [1.54, 1.807) is 22.8 Å². The maximum Gasteiger partial charge on any atom is 0.263 e. The summed E-state index contributed by atoms with van der Waals surface area (Å²) in [6.07, 6.45) is 1.35. The summed E-state index contributed by atoms with van der Waals surface area (Å²) in [7, 11) is 0. The molecule has 0 unspecified atom stereocenters. The van der Waals surface area contributed by atoms with Gasteiger partial charge in [0.05, 0.1) is 39.9 Å². The molecule has 0 spiro atoms. The second-order valence-electron chi connectivity index (χ2n) is 9.67. The fourth-order valence-corrected chi connectivity index (χ4v) is 5.08. The van der Waals surface area contributed by atoms with E-state index in [4.69, 9.17) is 16.9 Å². The number of nitrogens with zero attached hydrogens (tertiary/aromatic N) is 4. The molecule has 0 aliphatic heterocycles. The molecule has 0 aliphatic rings. The fraction of sp³-hybridized carbons (Fsp3) is 0.100. The number of para-hydroxylation sites is 1. The average Bonchev–Trinajstić information content (AvgIpc) is 3.31. The number of aromatic amines is 1. The summed E-state index contributed by atoms with van der Waals surface area (Å²) >= 11 is 0. The van der Waals surface area contributed by atoms with Crippen LogP contribution < -0.4 is 22.3 Å². The molecule has 0 saturated carbocycles. The number of anilines is 3. The Morgan fingerprint density at radius 3 is 2.62 bits per heavy atom. The number of H-pyrrole nitrogens is 1. The zero-order chi connectivity index (χ0) is 28.0. The van der Waals surface area contributed by atoms with Gasteiger partial charge in [0.25, 0.3) is 5.56 Å². The van der Waals surface area contributed by atoms with Crippen LogP contribution in [0.4, 0.5) is 17.6 Å². The Hall–Kier alpha value is -5.51. The van der Waals surface area contributed by atoms with Crippen LogP contribution in [-0.4, -0.2) is 30.2 Å². The molecule has 6 rings (SSSR count). The van der Waals surface area contributed by atoms with Crippen molar-refractivity contribution in [3.63, 3.8) is 0 Å². The van der Waals surface area contributed by atoms with Crippen LogP contribution >= 0.6 is 0 Å². The number of nitrogen functional groups attached to an aromatic ring is 2. The number of rotatable bonds is 6. The SMILES string of the molecule is Cc1ccccc1-n1c(CNc2ncnc(N)c2C(=N)c2ccc3nc(N)[nH]c3c2)cc2cccc(C)c2c1=O. The average molecular weight is 530 g/mol. The minimum atomic E-state index is -0.0935. The molecule has 0 saturated heterocycles. The third-order valence-corrected chi connectivity index (χ3v) is 7.04. The third kappa shape index (κ3) is 4.21. The Morgan fingerprint density at radius 1 is 1.00 bits per heavy atom. The molecule has 10 heteroatoms. The Morgan fingerprint density at radius 2 is 1.80 bits per heavy atom. The lowest BCUT2D eigenvalue weighted by molar-refractivity contribution is 0.883. The highest BCUT2D eigenvalue weighted by Gasteiger charge is 2.19. The molecule has 3 aromatic carbocycles. The molecule has 198 valence electrons. The van der Waals surface area contributed by atoms with Gasteiger partial charge in [-0.2, -0.15) is 0 Å². The first kappa shape index (κ1) is 24.8. The smallest absolute Gasteiger partial charge is 0.263 e. The van der Waals surface area contributed by atoms with Gasteiger partial charge < -0.3 is 21.8 Å². The minimum absolute atomic E-state index is 0.0935. The van der Waals surface area contributed by atoms with Gasteiger partial charge in [-0.3, -0.25) is 14.8 Å². The van der Waals surface area contributed by atoms with Crippen LogP contribution in [-0.2, 0) is 6.54 Å². The lowest BCUT2D eigenvalue weighted by Crippen LogP contribution is -2.25. The molecular weight excluding hydrogens is 502 g/mol. The highest BCUT2D eigenvalue weighted by atomic mass is 16.1. The number of benzene rings is 3. The Balaban J connectivity index is 1.43. The summed E-state index contributed by atoms with van der Waals surface area (Å²) in [6, 6.07) is 21.0. The van der Waals surface area contributed by atoms with E-state index in [2.05, 4.69) is 25.3 Å². The number of nitrogens with one attached hydrogen (secondary N) is 3. The molecule has 0 aliphatic carbocycles. The first-order valence-corrected chi connectivity index (χ1v) is 12.7. The van der Waals surface area contributed by atoms with Gasteiger partial charge >= 0.3 is 0 Å². The van der Waals surface area contributed by atoms with Crippen molar-refractivity contribution < 1.29 is 0 Å². The van der Waals surface area contributed by atoms with Gasteiger partial charge in [-0.05, 0) is 54.6 Å². The molecule has 10 nitrogen and oxygen atoms in total. The van der Waals surface area contributed by atoms with Crippen molar-refractivity contribution >= 4 is 45.1 Å². The van der Waals surface area contributed by atoms with Crippen molar-refractivity contribution in [3.8, 4) is 5.69 Å². The minimum Gasteiger partial charge on any atom is -0.383 e. The normalized spacial score (nSPS) is 11.2. The molecule has 0 fully saturated rings. The Bertz CT molecular complexity index is 2010. The van der Waals surface area contributed by atoms with Crippen molar-refractivity contribution in [3.05, 3.63) is 111 Å². The number of aryl methyl sites for hydroxylation is 2. The monoisotopic (exact) mass is 529 g/mol. The van der Waals surface area contributed by atoms with Crippen molar-refractivity contribution in [2.75, 3.05) is 16.8 Å². The van der Waals surface area contributed by atoms with Gasteiger partial charge in [-0.15, -0.1) is 0 Å². The third-order valence-electron chi connectivity index (χ3n) is 7.04. The summed E-state index contributed by atoms with van der Waals surface area (Å²) in [6.45, 7) is 4.18. The quantitative estimate of drug-likeness (QED) is 0.199. The molecular formula is C30H27N9O. The summed E-state index contributed by atoms with van der Waals surface area (Å²) in [5, 5.41) is 13.8. The summed E-state index contributed by atoms with van der Waals surface area (Å²) in [5.41, 5.74) is 17.9. The maximum absolute atomic E-state index is 13.9. The molecule has 0 radical (unpaired) electrons. The van der Waals surface area contributed by atoms with Crippen LogP contribution in [0.15, 0.2) is 77.9 Å². The zero-order valence-electron chi connectivity index (χ0n) is 22.0. The first-order valence-electron chi connectivity index (χ1n) is 12.7. The molecule has 0 amide bonds. The lowest BCUT2D eigenvalue weighted by atomic mass is 10.0. The fourth-order valence-electron chi connectivity index (χ4n) is 5.08. The highest BCUT2D eigenvalue weighted by Crippen LogP contribution is 2.26. The van der Waals surface area contributed by atoms with Crippen molar-refractivity contribution in [1.82, 2.24) is 24.5 Å². The molecule has 6 aromatic rings. The number of imidazole rings is 1. The second kappa shape index (κ2) is 9.66. The van der Waals surface area contributed by atoms with E-state index < -0.39 is 0 Å². The van der Waals surface area contributed by atoms with Gasteiger partial charge in [0.15, 0.2) is 5.95 Å². The topological polar surface area (TPSA) is 164 Å². The van der Waals surface area contributed by atoms with Crippen molar-refractivity contribution in [1.29, 1.82) is 5.41 Å². The standard InChI is InChI=1S/C30H27N9O/c1-16-6-3-4-9-23(16)39-20(12-18-8-5-7-17(2)24(18)29(39)40)14-34-28-25(27(32)35-15-36-28)26(31)19-10-11-21-22(13-19)38-30(33)37-21/h3-13,15,31H,14H2,1-2H3,(H3,33,37,38)(H3,32,34,35,36). The van der Waals surface area contributed by atoms with Crippen LogP contribution in [0.2, 0.25) is 0 Å². The number of aromatic nitrogens is 5.